The lowest BCUT2D eigenvalue weighted by Crippen LogP contribution is -2.49. The first-order valence-electron chi connectivity index (χ1n) is 7.69. The second kappa shape index (κ2) is 6.91. The van der Waals surface area contributed by atoms with Crippen LogP contribution in [0, 0.1) is 11.8 Å². The Morgan fingerprint density at radius 1 is 1.29 bits per heavy atom. The molecule has 2 aliphatic rings. The van der Waals surface area contributed by atoms with Crippen molar-refractivity contribution < 1.29 is 19.1 Å². The fourth-order valence-electron chi connectivity index (χ4n) is 2.87. The van der Waals surface area contributed by atoms with E-state index in [0.29, 0.717) is 25.4 Å². The smallest absolute Gasteiger partial charge is 0.328 e. The number of likely N-dealkylation sites (tertiary alicyclic amines) is 1. The van der Waals surface area contributed by atoms with Crippen LogP contribution in [0.5, 0.6) is 0 Å². The minimum atomic E-state index is -0.463. The van der Waals surface area contributed by atoms with Gasteiger partial charge in [0.25, 0.3) is 0 Å². The number of nitrogens with zero attached hydrogens (tertiary/aromatic N) is 1. The number of esters is 1. The van der Waals surface area contributed by atoms with Crippen molar-refractivity contribution in [3.8, 4) is 0 Å². The second-order valence-corrected chi connectivity index (χ2v) is 5.98. The summed E-state index contributed by atoms with van der Waals surface area (Å²) in [7, 11) is 1.34. The molecule has 1 heterocycles. The zero-order chi connectivity index (χ0) is 15.4. The minimum absolute atomic E-state index is 0.0402. The monoisotopic (exact) mass is 296 g/mol. The van der Waals surface area contributed by atoms with Crippen molar-refractivity contribution in [3.05, 3.63) is 0 Å². The lowest BCUT2D eigenvalue weighted by Gasteiger charge is -2.33. The number of hydrogen-bond acceptors (Lipinski definition) is 4. The third-order valence-corrected chi connectivity index (χ3v) is 4.38. The first-order chi connectivity index (χ1) is 10.0. The van der Waals surface area contributed by atoms with Crippen LogP contribution < -0.4 is 5.32 Å². The number of ether oxygens (including phenoxy) is 1. The highest BCUT2D eigenvalue weighted by Crippen LogP contribution is 2.37. The molecule has 21 heavy (non-hydrogen) atoms. The van der Waals surface area contributed by atoms with Crippen LogP contribution in [-0.4, -0.2) is 48.9 Å². The van der Waals surface area contributed by atoms with E-state index in [1.165, 1.54) is 7.11 Å². The number of methoxy groups -OCH3 is 1. The van der Waals surface area contributed by atoms with Gasteiger partial charge in [-0.1, -0.05) is 6.92 Å². The molecule has 0 aromatic carbocycles. The molecule has 1 N–H and O–H groups in total. The minimum Gasteiger partial charge on any atom is -0.467 e. The van der Waals surface area contributed by atoms with Crippen LogP contribution in [0.25, 0.3) is 0 Å². The van der Waals surface area contributed by atoms with Crippen molar-refractivity contribution in [2.45, 2.75) is 45.1 Å². The van der Waals surface area contributed by atoms with Gasteiger partial charge in [0.05, 0.1) is 7.11 Å². The molecular formula is C15H24N2O4. The van der Waals surface area contributed by atoms with Crippen molar-refractivity contribution in [3.63, 3.8) is 0 Å². The van der Waals surface area contributed by atoms with Crippen molar-refractivity contribution >= 4 is 17.8 Å². The van der Waals surface area contributed by atoms with Crippen molar-refractivity contribution in [2.24, 2.45) is 11.8 Å². The van der Waals surface area contributed by atoms with Gasteiger partial charge in [-0.3, -0.25) is 9.59 Å². The molecule has 1 aliphatic carbocycles. The van der Waals surface area contributed by atoms with Gasteiger partial charge in [-0.25, -0.2) is 4.79 Å². The molecule has 1 aliphatic heterocycles. The normalized spacial score (nSPS) is 27.9. The molecule has 2 rings (SSSR count). The van der Waals surface area contributed by atoms with E-state index >= 15 is 0 Å². The Hall–Kier alpha value is -1.59. The topological polar surface area (TPSA) is 75.7 Å². The van der Waals surface area contributed by atoms with E-state index in [4.69, 9.17) is 4.74 Å². The molecular weight excluding hydrogens is 272 g/mol. The first-order valence-corrected chi connectivity index (χ1v) is 7.69. The molecule has 1 saturated heterocycles. The molecule has 0 aromatic heterocycles. The van der Waals surface area contributed by atoms with Crippen LogP contribution in [0.2, 0.25) is 0 Å². The summed E-state index contributed by atoms with van der Waals surface area (Å²) in [4.78, 5) is 37.2. The summed E-state index contributed by atoms with van der Waals surface area (Å²) in [6.45, 7) is 2.97. The van der Waals surface area contributed by atoms with Gasteiger partial charge in [-0.2, -0.15) is 0 Å². The van der Waals surface area contributed by atoms with Crippen LogP contribution in [0.3, 0.4) is 0 Å². The third-order valence-electron chi connectivity index (χ3n) is 4.38. The Labute approximate surface area is 125 Å². The maximum absolute atomic E-state index is 12.2. The maximum Gasteiger partial charge on any atom is 0.328 e. The Morgan fingerprint density at radius 2 is 2.00 bits per heavy atom. The number of carbonyl (C=O) groups excluding carboxylic acids is 3. The van der Waals surface area contributed by atoms with Gasteiger partial charge >= 0.3 is 5.97 Å². The van der Waals surface area contributed by atoms with Gasteiger partial charge in [-0.05, 0) is 31.6 Å². The Balaban J connectivity index is 1.78. The maximum atomic E-state index is 12.2. The molecule has 118 valence electrons. The number of piperidine rings is 1. The molecule has 2 amide bonds. The molecule has 0 radical (unpaired) electrons. The van der Waals surface area contributed by atoms with Gasteiger partial charge in [0.2, 0.25) is 11.8 Å². The van der Waals surface area contributed by atoms with Crippen molar-refractivity contribution in [2.75, 3.05) is 20.2 Å². The van der Waals surface area contributed by atoms with Crippen LogP contribution in [0.4, 0.5) is 0 Å². The Morgan fingerprint density at radius 3 is 2.62 bits per heavy atom. The zero-order valence-corrected chi connectivity index (χ0v) is 12.8. The molecule has 1 saturated carbocycles. The third kappa shape index (κ3) is 3.95. The van der Waals surface area contributed by atoms with E-state index in [-0.39, 0.29) is 30.1 Å². The summed E-state index contributed by atoms with van der Waals surface area (Å²) < 4.78 is 4.76. The predicted molar refractivity (Wildman–Crippen MR) is 76.3 cm³/mol. The van der Waals surface area contributed by atoms with Crippen molar-refractivity contribution in [1.82, 2.24) is 10.2 Å². The van der Waals surface area contributed by atoms with E-state index in [0.717, 1.165) is 19.3 Å². The predicted octanol–water partition coefficient (Wildman–Crippen LogP) is 0.703. The number of carbonyl (C=O) groups is 3. The highest BCUT2D eigenvalue weighted by atomic mass is 16.5. The molecule has 0 bridgehead atoms. The fourth-order valence-corrected chi connectivity index (χ4v) is 2.87. The average Bonchev–Trinajstić information content (AvgIpc) is 3.23. The number of hydrogen-bond donors (Lipinski definition) is 1. The van der Waals surface area contributed by atoms with Crippen LogP contribution in [0.1, 0.15) is 39.0 Å². The van der Waals surface area contributed by atoms with Crippen LogP contribution in [0.15, 0.2) is 0 Å². The lowest BCUT2D eigenvalue weighted by atomic mass is 10.0. The number of rotatable bonds is 5. The molecule has 3 unspecified atom stereocenters. The van der Waals surface area contributed by atoms with Gasteiger partial charge in [0.15, 0.2) is 0 Å². The number of nitrogens with one attached hydrogen (secondary N) is 1. The molecule has 0 aromatic rings. The average molecular weight is 296 g/mol. The van der Waals surface area contributed by atoms with Gasteiger partial charge in [0, 0.05) is 25.4 Å². The van der Waals surface area contributed by atoms with E-state index in [2.05, 4.69) is 5.32 Å². The highest BCUT2D eigenvalue weighted by Gasteiger charge is 2.39. The Kier molecular flexibility index (Phi) is 5.20. The summed E-state index contributed by atoms with van der Waals surface area (Å²) in [6, 6.07) is -0.463. The number of amides is 2. The molecule has 6 nitrogen and oxygen atoms in total. The van der Waals surface area contributed by atoms with Crippen LogP contribution in [-0.2, 0) is 19.1 Å². The van der Waals surface area contributed by atoms with Gasteiger partial charge in [0.1, 0.15) is 6.04 Å². The summed E-state index contributed by atoms with van der Waals surface area (Å²) in [5, 5.41) is 2.80. The fraction of sp³-hybridized carbons (Fsp3) is 0.800. The summed E-state index contributed by atoms with van der Waals surface area (Å²) >= 11 is 0. The second-order valence-electron chi connectivity index (χ2n) is 5.98. The van der Waals surface area contributed by atoms with Crippen molar-refractivity contribution in [1.29, 1.82) is 0 Å². The van der Waals surface area contributed by atoms with E-state index < -0.39 is 6.04 Å². The SMILES string of the molecule is COC(=O)C1CCCCN1C(=O)CCNC(=O)C1CC1C. The zero-order valence-electron chi connectivity index (χ0n) is 12.8. The van der Waals surface area contributed by atoms with Gasteiger partial charge < -0.3 is 15.0 Å². The summed E-state index contributed by atoms with van der Waals surface area (Å²) in [5.74, 6) is 0.191. The highest BCUT2D eigenvalue weighted by molar-refractivity contribution is 5.85. The van der Waals surface area contributed by atoms with E-state index in [1.807, 2.05) is 6.92 Å². The quantitative estimate of drug-likeness (QED) is 0.758. The first kappa shape index (κ1) is 15.8. The standard InChI is InChI=1S/C15H24N2O4/c1-10-9-11(10)14(19)16-7-6-13(18)17-8-4-3-5-12(17)15(20)21-2/h10-12H,3-9H2,1-2H3,(H,16,19). The summed E-state index contributed by atoms with van der Waals surface area (Å²) in [6.07, 6.45) is 3.67. The van der Waals surface area contributed by atoms with Crippen LogP contribution >= 0.6 is 0 Å². The van der Waals surface area contributed by atoms with E-state index in [1.54, 1.807) is 4.90 Å². The molecule has 6 heteroatoms. The molecule has 3 atom stereocenters. The lowest BCUT2D eigenvalue weighted by molar-refractivity contribution is -0.154. The molecule has 2 fully saturated rings. The largest absolute Gasteiger partial charge is 0.467 e. The molecule has 0 spiro atoms. The van der Waals surface area contributed by atoms with Gasteiger partial charge in [-0.15, -0.1) is 0 Å². The summed E-state index contributed by atoms with van der Waals surface area (Å²) in [5.41, 5.74) is 0. The van der Waals surface area contributed by atoms with E-state index in [9.17, 15) is 14.4 Å². The Bertz CT molecular complexity index is 424.